The van der Waals surface area contributed by atoms with E-state index in [4.69, 9.17) is 22.2 Å². The van der Waals surface area contributed by atoms with Gasteiger partial charge in [-0.15, -0.1) is 0 Å². The highest BCUT2D eigenvalue weighted by Crippen LogP contribution is 2.31. The van der Waals surface area contributed by atoms with E-state index in [1.165, 1.54) is 12.1 Å². The number of rotatable bonds is 6. The lowest BCUT2D eigenvalue weighted by Gasteiger charge is -2.12. The minimum absolute atomic E-state index is 0.231. The van der Waals surface area contributed by atoms with E-state index in [2.05, 4.69) is 31.7 Å². The standard InChI is InChI=1S/C12H17BrClFN4O/c1-2-20-5-3-4-17-12(19-16)18-11-9(13)6-8(15)7-10(11)14/h6-7H,2-5,16H2,1H3,(H2,17,18,19). The van der Waals surface area contributed by atoms with Crippen molar-refractivity contribution >= 4 is 39.2 Å². The highest BCUT2D eigenvalue weighted by atomic mass is 79.9. The van der Waals surface area contributed by atoms with E-state index in [0.29, 0.717) is 35.9 Å². The molecule has 0 aliphatic rings. The van der Waals surface area contributed by atoms with Crippen molar-refractivity contribution in [3.05, 3.63) is 27.4 Å². The van der Waals surface area contributed by atoms with E-state index in [9.17, 15) is 4.39 Å². The molecule has 5 nitrogen and oxygen atoms in total. The summed E-state index contributed by atoms with van der Waals surface area (Å²) in [6.07, 6.45) is 0.777. The SMILES string of the molecule is CCOCCCN=C(NN)Nc1c(Cl)cc(F)cc1Br. The molecule has 0 atom stereocenters. The molecule has 0 aliphatic heterocycles. The van der Waals surface area contributed by atoms with Crippen molar-refractivity contribution in [1.82, 2.24) is 5.43 Å². The normalized spacial score (nSPS) is 11.6. The van der Waals surface area contributed by atoms with Crippen LogP contribution in [-0.2, 0) is 4.74 Å². The van der Waals surface area contributed by atoms with Crippen molar-refractivity contribution in [2.75, 3.05) is 25.1 Å². The number of guanidine groups is 1. The van der Waals surface area contributed by atoms with Gasteiger partial charge in [-0.05, 0) is 41.4 Å². The number of nitrogens with one attached hydrogen (secondary N) is 2. The molecule has 0 aromatic heterocycles. The molecule has 1 aromatic carbocycles. The summed E-state index contributed by atoms with van der Waals surface area (Å²) in [7, 11) is 0. The number of ether oxygens (including phenoxy) is 1. The first-order valence-electron chi connectivity index (χ1n) is 6.08. The van der Waals surface area contributed by atoms with Crippen LogP contribution in [0.3, 0.4) is 0 Å². The van der Waals surface area contributed by atoms with Gasteiger partial charge in [-0.1, -0.05) is 11.6 Å². The molecular weight excluding hydrogens is 351 g/mol. The summed E-state index contributed by atoms with van der Waals surface area (Å²) in [6, 6.07) is 2.51. The molecule has 0 amide bonds. The molecule has 1 aromatic rings. The van der Waals surface area contributed by atoms with Crippen molar-refractivity contribution in [2.24, 2.45) is 10.8 Å². The van der Waals surface area contributed by atoms with E-state index >= 15 is 0 Å². The van der Waals surface area contributed by atoms with Crippen LogP contribution in [0.1, 0.15) is 13.3 Å². The number of anilines is 1. The zero-order valence-corrected chi connectivity index (χ0v) is 13.4. The Balaban J connectivity index is 2.66. The van der Waals surface area contributed by atoms with E-state index in [1.807, 2.05) is 6.92 Å². The maximum atomic E-state index is 13.1. The summed E-state index contributed by atoms with van der Waals surface area (Å²) in [5, 5.41) is 3.14. The van der Waals surface area contributed by atoms with Crippen LogP contribution >= 0.6 is 27.5 Å². The quantitative estimate of drug-likeness (QED) is 0.238. The number of hydrogen-bond donors (Lipinski definition) is 3. The summed E-state index contributed by atoms with van der Waals surface area (Å²) in [4.78, 5) is 4.23. The molecule has 112 valence electrons. The molecule has 0 aliphatic carbocycles. The minimum Gasteiger partial charge on any atom is -0.382 e. The molecule has 4 N–H and O–H groups in total. The lowest BCUT2D eigenvalue weighted by Crippen LogP contribution is -2.36. The average Bonchev–Trinajstić information content (AvgIpc) is 2.40. The van der Waals surface area contributed by atoms with Crippen LogP contribution in [0.2, 0.25) is 5.02 Å². The van der Waals surface area contributed by atoms with Gasteiger partial charge in [0.2, 0.25) is 5.96 Å². The molecule has 0 radical (unpaired) electrons. The number of hydrogen-bond acceptors (Lipinski definition) is 3. The first kappa shape index (κ1) is 17.2. The van der Waals surface area contributed by atoms with Crippen molar-refractivity contribution in [3.63, 3.8) is 0 Å². The molecule has 0 heterocycles. The van der Waals surface area contributed by atoms with E-state index in [1.54, 1.807) is 0 Å². The highest BCUT2D eigenvalue weighted by Gasteiger charge is 2.09. The topological polar surface area (TPSA) is 71.7 Å². The molecule has 0 saturated carbocycles. The molecule has 0 saturated heterocycles. The van der Waals surface area contributed by atoms with Crippen LogP contribution in [0.4, 0.5) is 10.1 Å². The zero-order valence-electron chi connectivity index (χ0n) is 11.0. The number of nitrogens with two attached hydrogens (primary N) is 1. The van der Waals surface area contributed by atoms with Crippen molar-refractivity contribution in [2.45, 2.75) is 13.3 Å². The second-order valence-corrected chi connectivity index (χ2v) is 5.06. The Morgan fingerprint density at radius 3 is 2.90 bits per heavy atom. The molecular formula is C12H17BrClFN4O. The average molecular weight is 368 g/mol. The zero-order chi connectivity index (χ0) is 15.0. The fraction of sp³-hybridized carbons (Fsp3) is 0.417. The summed E-state index contributed by atoms with van der Waals surface area (Å²) in [6.45, 7) is 3.80. The molecule has 0 bridgehead atoms. The van der Waals surface area contributed by atoms with Gasteiger partial charge in [-0.2, -0.15) is 0 Å². The number of hydrazine groups is 1. The maximum absolute atomic E-state index is 13.1. The number of nitrogens with zero attached hydrogens (tertiary/aromatic N) is 1. The fourth-order valence-corrected chi connectivity index (χ4v) is 2.30. The summed E-state index contributed by atoms with van der Waals surface area (Å²) < 4.78 is 18.8. The highest BCUT2D eigenvalue weighted by molar-refractivity contribution is 9.10. The Morgan fingerprint density at radius 1 is 1.55 bits per heavy atom. The van der Waals surface area contributed by atoms with Crippen LogP contribution in [0.25, 0.3) is 0 Å². The Kier molecular flexibility index (Phi) is 7.83. The van der Waals surface area contributed by atoms with Crippen LogP contribution < -0.4 is 16.6 Å². The predicted molar refractivity (Wildman–Crippen MR) is 83.5 cm³/mol. The summed E-state index contributed by atoms with van der Waals surface area (Å²) in [5.74, 6) is 5.30. The van der Waals surface area contributed by atoms with Crippen molar-refractivity contribution < 1.29 is 9.13 Å². The number of benzene rings is 1. The maximum Gasteiger partial charge on any atom is 0.210 e. The Morgan fingerprint density at radius 2 is 2.30 bits per heavy atom. The van der Waals surface area contributed by atoms with Gasteiger partial charge < -0.3 is 10.1 Å². The van der Waals surface area contributed by atoms with Crippen LogP contribution in [0, 0.1) is 5.82 Å². The van der Waals surface area contributed by atoms with Crippen LogP contribution in [-0.4, -0.2) is 25.7 Å². The van der Waals surface area contributed by atoms with Crippen molar-refractivity contribution in [1.29, 1.82) is 0 Å². The molecule has 0 fully saturated rings. The molecule has 1 rings (SSSR count). The third-order valence-electron chi connectivity index (χ3n) is 2.31. The minimum atomic E-state index is -0.427. The molecule has 20 heavy (non-hydrogen) atoms. The van der Waals surface area contributed by atoms with E-state index < -0.39 is 5.82 Å². The van der Waals surface area contributed by atoms with Gasteiger partial charge in [0.25, 0.3) is 0 Å². The van der Waals surface area contributed by atoms with E-state index in [0.717, 1.165) is 6.42 Å². The fourth-order valence-electron chi connectivity index (χ4n) is 1.40. The second-order valence-electron chi connectivity index (χ2n) is 3.79. The Labute approximate surface area is 130 Å². The van der Waals surface area contributed by atoms with Crippen LogP contribution in [0.5, 0.6) is 0 Å². The third-order valence-corrected chi connectivity index (χ3v) is 3.23. The monoisotopic (exact) mass is 366 g/mol. The lowest BCUT2D eigenvalue weighted by molar-refractivity contribution is 0.146. The van der Waals surface area contributed by atoms with Gasteiger partial charge in [0.1, 0.15) is 5.82 Å². The van der Waals surface area contributed by atoms with Gasteiger partial charge in [-0.3, -0.25) is 10.4 Å². The lowest BCUT2D eigenvalue weighted by atomic mass is 10.3. The van der Waals surface area contributed by atoms with Gasteiger partial charge in [0.15, 0.2) is 0 Å². The first-order valence-corrected chi connectivity index (χ1v) is 7.26. The largest absolute Gasteiger partial charge is 0.382 e. The smallest absolute Gasteiger partial charge is 0.210 e. The molecule has 0 unspecified atom stereocenters. The third kappa shape index (κ3) is 5.62. The predicted octanol–water partition coefficient (Wildman–Crippen LogP) is 2.90. The number of halogens is 3. The van der Waals surface area contributed by atoms with Gasteiger partial charge in [-0.25, -0.2) is 10.2 Å². The molecule has 8 heteroatoms. The Hall–Kier alpha value is -0.890. The number of aliphatic imine (C=N–C) groups is 1. The van der Waals surface area contributed by atoms with Crippen LogP contribution in [0.15, 0.2) is 21.6 Å². The van der Waals surface area contributed by atoms with Gasteiger partial charge in [0.05, 0.1) is 10.7 Å². The van der Waals surface area contributed by atoms with Gasteiger partial charge >= 0.3 is 0 Å². The van der Waals surface area contributed by atoms with Gasteiger partial charge in [0, 0.05) is 24.2 Å². The van der Waals surface area contributed by atoms with E-state index in [-0.39, 0.29) is 5.02 Å². The summed E-state index contributed by atoms with van der Waals surface area (Å²) in [5.41, 5.74) is 2.93. The second kappa shape index (κ2) is 9.12. The first-order chi connectivity index (χ1) is 9.58. The molecule has 0 spiro atoms. The summed E-state index contributed by atoms with van der Waals surface area (Å²) >= 11 is 9.19. The Bertz CT molecular complexity index is 450. The van der Waals surface area contributed by atoms with Crippen molar-refractivity contribution in [3.8, 4) is 0 Å².